The molecule has 7 heteroatoms. The molecule has 0 aliphatic carbocycles. The van der Waals surface area contributed by atoms with Crippen LogP contribution in [0.5, 0.6) is 0 Å². The Labute approximate surface area is 197 Å². The highest BCUT2D eigenvalue weighted by Crippen LogP contribution is 2.40. The largest absolute Gasteiger partial charge is 0.365 e. The molecular formula is C24H23Cl2N3OS. The summed E-state index contributed by atoms with van der Waals surface area (Å²) in [7, 11) is 2.11. The highest BCUT2D eigenvalue weighted by molar-refractivity contribution is 8.18. The number of aryl methyl sites for hydroxylation is 1. The van der Waals surface area contributed by atoms with Gasteiger partial charge in [0.15, 0.2) is 5.17 Å². The number of halogens is 2. The number of amidine groups is 1. The van der Waals surface area contributed by atoms with E-state index in [4.69, 9.17) is 23.2 Å². The number of rotatable bonds is 2. The van der Waals surface area contributed by atoms with Gasteiger partial charge < -0.3 is 10.2 Å². The smallest absolute Gasteiger partial charge is 0.264 e. The summed E-state index contributed by atoms with van der Waals surface area (Å²) in [4.78, 5) is 19.9. The van der Waals surface area contributed by atoms with E-state index in [1.807, 2.05) is 6.08 Å². The van der Waals surface area contributed by atoms with Gasteiger partial charge in [0.05, 0.1) is 26.2 Å². The Bertz CT molecular complexity index is 1200. The Morgan fingerprint density at radius 1 is 1.19 bits per heavy atom. The Morgan fingerprint density at radius 2 is 1.94 bits per heavy atom. The molecule has 0 aromatic heterocycles. The number of nitrogens with one attached hydrogen (secondary N) is 1. The first-order valence-electron chi connectivity index (χ1n) is 9.89. The van der Waals surface area contributed by atoms with Crippen LogP contribution in [0.2, 0.25) is 10.0 Å². The maximum atomic E-state index is 12.6. The van der Waals surface area contributed by atoms with Crippen LogP contribution in [0, 0.1) is 6.92 Å². The molecule has 160 valence electrons. The topological polar surface area (TPSA) is 44.7 Å². The molecule has 2 aromatic rings. The van der Waals surface area contributed by atoms with Crippen molar-refractivity contribution in [1.82, 2.24) is 5.32 Å². The van der Waals surface area contributed by atoms with Gasteiger partial charge in [-0.05, 0) is 86.5 Å². The number of fused-ring (bicyclic) bond motifs is 1. The SMILES string of the molecule is CC1=CC(C)(C)N(C)c2cc(C)c(/C=C3\SC(=Nc4cccc(Cl)c4Cl)NC3=O)cc21. The number of hydrogen-bond acceptors (Lipinski definition) is 4. The van der Waals surface area contributed by atoms with Crippen LogP contribution in [0.4, 0.5) is 11.4 Å². The zero-order valence-corrected chi connectivity index (χ0v) is 20.3. The van der Waals surface area contributed by atoms with Crippen LogP contribution in [0.15, 0.2) is 46.3 Å². The number of thioether (sulfide) groups is 1. The number of carbonyl (C=O) groups is 1. The first-order chi connectivity index (χ1) is 14.6. The normalized spacial score (nSPS) is 20.2. The van der Waals surface area contributed by atoms with Crippen LogP contribution in [0.1, 0.15) is 37.5 Å². The van der Waals surface area contributed by atoms with Crippen molar-refractivity contribution >= 4 is 69.1 Å². The maximum Gasteiger partial charge on any atom is 0.264 e. The zero-order chi connectivity index (χ0) is 22.5. The highest BCUT2D eigenvalue weighted by Gasteiger charge is 2.29. The summed E-state index contributed by atoms with van der Waals surface area (Å²) in [5.41, 5.74) is 6.22. The third-order valence-corrected chi connectivity index (χ3v) is 7.41. The second kappa shape index (κ2) is 8.05. The van der Waals surface area contributed by atoms with Crippen molar-refractivity contribution in [2.45, 2.75) is 33.2 Å². The van der Waals surface area contributed by atoms with Gasteiger partial charge in [0.1, 0.15) is 0 Å². The fourth-order valence-electron chi connectivity index (χ4n) is 3.78. The van der Waals surface area contributed by atoms with Crippen LogP contribution in [0.25, 0.3) is 11.6 Å². The summed E-state index contributed by atoms with van der Waals surface area (Å²) in [6, 6.07) is 9.59. The van der Waals surface area contributed by atoms with Gasteiger partial charge in [-0.1, -0.05) is 35.3 Å². The van der Waals surface area contributed by atoms with E-state index in [0.29, 0.717) is 25.8 Å². The number of amides is 1. The molecule has 0 unspecified atom stereocenters. The van der Waals surface area contributed by atoms with Crippen molar-refractivity contribution in [3.63, 3.8) is 0 Å². The van der Waals surface area contributed by atoms with Gasteiger partial charge in [0, 0.05) is 18.3 Å². The van der Waals surface area contributed by atoms with Crippen molar-refractivity contribution < 1.29 is 4.79 Å². The summed E-state index contributed by atoms with van der Waals surface area (Å²) in [6.07, 6.45) is 4.20. The molecule has 0 spiro atoms. The van der Waals surface area contributed by atoms with Gasteiger partial charge >= 0.3 is 0 Å². The number of aliphatic imine (C=N–C) groups is 1. The molecule has 1 fully saturated rings. The lowest BCUT2D eigenvalue weighted by atomic mass is 9.87. The summed E-state index contributed by atoms with van der Waals surface area (Å²) in [6.45, 7) is 8.62. The quantitative estimate of drug-likeness (QED) is 0.488. The van der Waals surface area contributed by atoms with Crippen LogP contribution in [0.3, 0.4) is 0 Å². The molecule has 1 N–H and O–H groups in total. The predicted octanol–water partition coefficient (Wildman–Crippen LogP) is 6.83. The minimum absolute atomic E-state index is 0.0440. The molecule has 2 heterocycles. The van der Waals surface area contributed by atoms with Crippen molar-refractivity contribution in [1.29, 1.82) is 0 Å². The van der Waals surface area contributed by atoms with E-state index >= 15 is 0 Å². The standard InChI is InChI=1S/C24H23Cl2N3OS/c1-13-9-19-16(14(2)12-24(3,4)29(19)5)10-15(13)11-20-22(30)28-23(31-20)27-18-8-6-7-17(25)21(18)26/h6-12H,1-5H3,(H,27,28,30)/b20-11-. The lowest BCUT2D eigenvalue weighted by molar-refractivity contribution is -0.115. The average Bonchev–Trinajstić information content (AvgIpc) is 3.03. The molecular weight excluding hydrogens is 449 g/mol. The summed E-state index contributed by atoms with van der Waals surface area (Å²) in [5.74, 6) is -0.176. The lowest BCUT2D eigenvalue weighted by Gasteiger charge is -2.41. The molecule has 2 aliphatic heterocycles. The molecule has 1 amide bonds. The Hall–Kier alpha value is -2.21. The first-order valence-corrected chi connectivity index (χ1v) is 11.5. The number of nitrogens with zero attached hydrogens (tertiary/aromatic N) is 2. The first kappa shape index (κ1) is 22.0. The van der Waals surface area contributed by atoms with Crippen molar-refractivity contribution in [3.05, 3.63) is 68.0 Å². The summed E-state index contributed by atoms with van der Waals surface area (Å²) in [5, 5.41) is 4.08. The zero-order valence-electron chi connectivity index (χ0n) is 18.0. The number of benzene rings is 2. The molecule has 0 radical (unpaired) electrons. The number of carbonyl (C=O) groups excluding carboxylic acids is 1. The van der Waals surface area contributed by atoms with E-state index < -0.39 is 0 Å². The maximum absolute atomic E-state index is 12.6. The van der Waals surface area contributed by atoms with Crippen molar-refractivity contribution in [3.8, 4) is 0 Å². The van der Waals surface area contributed by atoms with E-state index in [2.05, 4.69) is 68.2 Å². The fraction of sp³-hybridized carbons (Fsp3) is 0.250. The van der Waals surface area contributed by atoms with Gasteiger partial charge in [-0.25, -0.2) is 4.99 Å². The van der Waals surface area contributed by atoms with Gasteiger partial charge in [0.25, 0.3) is 5.91 Å². The van der Waals surface area contributed by atoms with Crippen LogP contribution < -0.4 is 10.2 Å². The Morgan fingerprint density at radius 3 is 2.68 bits per heavy atom. The number of hydrogen-bond donors (Lipinski definition) is 1. The molecule has 0 saturated carbocycles. The molecule has 31 heavy (non-hydrogen) atoms. The summed E-state index contributed by atoms with van der Waals surface area (Å²) < 4.78 is 0. The van der Waals surface area contributed by atoms with E-state index in [1.165, 1.54) is 28.6 Å². The third kappa shape index (κ3) is 4.14. The lowest BCUT2D eigenvalue weighted by Crippen LogP contribution is -2.42. The average molecular weight is 472 g/mol. The van der Waals surface area contributed by atoms with Gasteiger partial charge in [0.2, 0.25) is 0 Å². The molecule has 2 aromatic carbocycles. The van der Waals surface area contributed by atoms with Crippen molar-refractivity contribution in [2.24, 2.45) is 4.99 Å². The Kier molecular flexibility index (Phi) is 5.71. The van der Waals surface area contributed by atoms with Crippen LogP contribution in [-0.2, 0) is 4.79 Å². The molecule has 1 saturated heterocycles. The highest BCUT2D eigenvalue weighted by atomic mass is 35.5. The fourth-order valence-corrected chi connectivity index (χ4v) is 4.95. The van der Waals surface area contributed by atoms with Gasteiger partial charge in [-0.3, -0.25) is 4.79 Å². The Balaban J connectivity index is 1.68. The van der Waals surface area contributed by atoms with Gasteiger partial charge in [-0.15, -0.1) is 0 Å². The van der Waals surface area contributed by atoms with Crippen LogP contribution >= 0.6 is 35.0 Å². The van der Waals surface area contributed by atoms with E-state index in [0.717, 1.165) is 11.1 Å². The number of likely N-dealkylation sites (N-methyl/N-ethyl adjacent to an activating group) is 1. The van der Waals surface area contributed by atoms with E-state index in [9.17, 15) is 4.79 Å². The molecule has 4 rings (SSSR count). The summed E-state index contributed by atoms with van der Waals surface area (Å²) >= 11 is 13.6. The molecule has 0 atom stereocenters. The number of allylic oxidation sites excluding steroid dienone is 1. The van der Waals surface area contributed by atoms with E-state index in [1.54, 1.807) is 18.2 Å². The second-order valence-electron chi connectivity index (χ2n) is 8.32. The predicted molar refractivity (Wildman–Crippen MR) is 135 cm³/mol. The molecule has 2 aliphatic rings. The van der Waals surface area contributed by atoms with Crippen molar-refractivity contribution in [2.75, 3.05) is 11.9 Å². The minimum atomic E-state index is -0.176. The second-order valence-corrected chi connectivity index (χ2v) is 10.1. The van der Waals surface area contributed by atoms with E-state index in [-0.39, 0.29) is 11.4 Å². The molecule has 4 nitrogen and oxygen atoms in total. The monoisotopic (exact) mass is 471 g/mol. The van der Waals surface area contributed by atoms with Gasteiger partial charge in [-0.2, -0.15) is 0 Å². The third-order valence-electron chi connectivity index (χ3n) is 5.70. The van der Waals surface area contributed by atoms with Crippen LogP contribution in [-0.4, -0.2) is 23.7 Å². The molecule has 0 bridgehead atoms. The number of anilines is 1. The minimum Gasteiger partial charge on any atom is -0.365 e.